The Kier molecular flexibility index (Phi) is 6.80. The lowest BCUT2D eigenvalue weighted by molar-refractivity contribution is -0.142. The van der Waals surface area contributed by atoms with E-state index in [1.807, 2.05) is 49.4 Å². The summed E-state index contributed by atoms with van der Waals surface area (Å²) in [7, 11) is 0. The second-order valence-electron chi connectivity index (χ2n) is 5.81. The minimum atomic E-state index is -0.416. The molecular formula is C23H20O2S2. The fourth-order valence-corrected chi connectivity index (χ4v) is 4.57. The Hall–Kier alpha value is -2.43. The topological polar surface area (TPSA) is 26.3 Å². The van der Waals surface area contributed by atoms with Gasteiger partial charge in [-0.05, 0) is 43.3 Å². The zero-order chi connectivity index (χ0) is 19.1. The lowest BCUT2D eigenvalue weighted by atomic mass is 10.1. The van der Waals surface area contributed by atoms with Gasteiger partial charge in [-0.15, -0.1) is 0 Å². The van der Waals surface area contributed by atoms with Crippen molar-refractivity contribution in [2.75, 3.05) is 0 Å². The zero-order valence-electron chi connectivity index (χ0n) is 15.0. The normalized spacial score (nSPS) is 11.6. The molecule has 0 saturated carbocycles. The second-order valence-corrected chi connectivity index (χ2v) is 8.08. The molecule has 2 nitrogen and oxygen atoms in total. The molecule has 0 N–H and O–H groups in total. The molecule has 3 aromatic rings. The van der Waals surface area contributed by atoms with E-state index in [2.05, 4.69) is 43.0 Å². The van der Waals surface area contributed by atoms with Crippen molar-refractivity contribution in [1.29, 1.82) is 0 Å². The first-order chi connectivity index (χ1) is 13.2. The van der Waals surface area contributed by atoms with Crippen LogP contribution in [0.25, 0.3) is 0 Å². The van der Waals surface area contributed by atoms with E-state index in [9.17, 15) is 4.79 Å². The fourth-order valence-electron chi connectivity index (χ4n) is 2.53. The third-order valence-corrected chi connectivity index (χ3v) is 5.91. The molecule has 0 aromatic heterocycles. The highest BCUT2D eigenvalue weighted by Crippen LogP contribution is 2.38. The van der Waals surface area contributed by atoms with Gasteiger partial charge < -0.3 is 4.74 Å². The zero-order valence-corrected chi connectivity index (χ0v) is 16.6. The third kappa shape index (κ3) is 5.52. The van der Waals surface area contributed by atoms with Crippen molar-refractivity contribution >= 4 is 29.5 Å². The van der Waals surface area contributed by atoms with Crippen molar-refractivity contribution in [2.45, 2.75) is 32.6 Å². The number of hydrogen-bond donors (Lipinski definition) is 0. The summed E-state index contributed by atoms with van der Waals surface area (Å²) in [6.07, 6.45) is 0.845. The number of rotatable bonds is 7. The SMILES string of the molecule is C=CC(=O)OC(C)c1ccc(Sc2ccccc2)cc1Sc1ccccc1. The molecule has 0 bridgehead atoms. The summed E-state index contributed by atoms with van der Waals surface area (Å²) >= 11 is 3.39. The lowest BCUT2D eigenvalue weighted by Crippen LogP contribution is -2.07. The Morgan fingerprint density at radius 1 is 0.889 bits per heavy atom. The lowest BCUT2D eigenvalue weighted by Gasteiger charge is -2.17. The van der Waals surface area contributed by atoms with Crippen molar-refractivity contribution in [1.82, 2.24) is 0 Å². The minimum absolute atomic E-state index is 0.350. The number of hydrogen-bond acceptors (Lipinski definition) is 4. The maximum absolute atomic E-state index is 11.6. The van der Waals surface area contributed by atoms with Gasteiger partial charge >= 0.3 is 5.97 Å². The highest BCUT2D eigenvalue weighted by molar-refractivity contribution is 8.00. The molecule has 0 aliphatic rings. The molecule has 0 spiro atoms. The Labute approximate surface area is 168 Å². The maximum Gasteiger partial charge on any atom is 0.330 e. The van der Waals surface area contributed by atoms with Crippen molar-refractivity contribution in [2.24, 2.45) is 0 Å². The van der Waals surface area contributed by atoms with Crippen LogP contribution < -0.4 is 0 Å². The first-order valence-electron chi connectivity index (χ1n) is 8.58. The van der Waals surface area contributed by atoms with Gasteiger partial charge in [0.2, 0.25) is 0 Å². The summed E-state index contributed by atoms with van der Waals surface area (Å²) in [5.41, 5.74) is 0.983. The van der Waals surface area contributed by atoms with Gasteiger partial charge in [-0.3, -0.25) is 0 Å². The van der Waals surface area contributed by atoms with Crippen LogP contribution in [-0.4, -0.2) is 5.97 Å². The Morgan fingerprint density at radius 3 is 2.07 bits per heavy atom. The van der Waals surface area contributed by atoms with Crippen LogP contribution in [0.4, 0.5) is 0 Å². The van der Waals surface area contributed by atoms with Crippen molar-refractivity contribution in [3.63, 3.8) is 0 Å². The molecule has 27 heavy (non-hydrogen) atoms. The molecule has 3 aromatic carbocycles. The number of carbonyl (C=O) groups excluding carboxylic acids is 1. The van der Waals surface area contributed by atoms with Gasteiger partial charge in [-0.2, -0.15) is 0 Å². The van der Waals surface area contributed by atoms with Gasteiger partial charge in [0, 0.05) is 31.2 Å². The van der Waals surface area contributed by atoms with Crippen LogP contribution in [0.2, 0.25) is 0 Å². The van der Waals surface area contributed by atoms with Crippen LogP contribution in [0.15, 0.2) is 111 Å². The third-order valence-electron chi connectivity index (χ3n) is 3.83. The summed E-state index contributed by atoms with van der Waals surface area (Å²) in [4.78, 5) is 16.2. The summed E-state index contributed by atoms with van der Waals surface area (Å²) in [6, 6.07) is 26.7. The predicted octanol–water partition coefficient (Wildman–Crippen LogP) is 6.78. The maximum atomic E-state index is 11.6. The van der Waals surface area contributed by atoms with Crippen molar-refractivity contribution < 1.29 is 9.53 Å². The van der Waals surface area contributed by atoms with Gasteiger partial charge in [-0.25, -0.2) is 4.79 Å². The number of carbonyl (C=O) groups is 1. The average Bonchev–Trinajstić information content (AvgIpc) is 2.69. The van der Waals surface area contributed by atoms with E-state index in [1.165, 1.54) is 11.0 Å². The smallest absolute Gasteiger partial charge is 0.330 e. The average molecular weight is 393 g/mol. The van der Waals surface area contributed by atoms with E-state index in [0.717, 1.165) is 20.2 Å². The number of benzene rings is 3. The van der Waals surface area contributed by atoms with Crippen LogP contribution in [-0.2, 0) is 9.53 Å². The Morgan fingerprint density at radius 2 is 1.48 bits per heavy atom. The Bertz CT molecular complexity index is 908. The van der Waals surface area contributed by atoms with Gasteiger partial charge in [0.1, 0.15) is 6.10 Å². The molecule has 0 amide bonds. The minimum Gasteiger partial charge on any atom is -0.455 e. The molecule has 0 radical (unpaired) electrons. The van der Waals surface area contributed by atoms with Crippen LogP contribution in [0.5, 0.6) is 0 Å². The van der Waals surface area contributed by atoms with E-state index < -0.39 is 5.97 Å². The standard InChI is InChI=1S/C23H20O2S2/c1-3-23(24)25-17(2)21-15-14-20(26-18-10-6-4-7-11-18)16-22(21)27-19-12-8-5-9-13-19/h3-17H,1H2,2H3. The van der Waals surface area contributed by atoms with E-state index in [4.69, 9.17) is 4.74 Å². The monoisotopic (exact) mass is 392 g/mol. The summed E-state index contributed by atoms with van der Waals surface area (Å²) in [6.45, 7) is 5.36. The van der Waals surface area contributed by atoms with E-state index in [0.29, 0.717) is 0 Å². The summed E-state index contributed by atoms with van der Waals surface area (Å²) in [5.74, 6) is -0.416. The highest BCUT2D eigenvalue weighted by atomic mass is 32.2. The Balaban J connectivity index is 1.91. The molecule has 4 heteroatoms. The molecule has 1 unspecified atom stereocenters. The molecule has 0 fully saturated rings. The van der Waals surface area contributed by atoms with E-state index >= 15 is 0 Å². The van der Waals surface area contributed by atoms with Crippen LogP contribution >= 0.6 is 23.5 Å². The van der Waals surface area contributed by atoms with Crippen molar-refractivity contribution in [3.05, 3.63) is 97.1 Å². The van der Waals surface area contributed by atoms with Gasteiger partial charge in [0.25, 0.3) is 0 Å². The molecule has 0 saturated heterocycles. The number of esters is 1. The molecule has 0 aliphatic heterocycles. The number of ether oxygens (including phenoxy) is 1. The van der Waals surface area contributed by atoms with Crippen LogP contribution in [0, 0.1) is 0 Å². The fraction of sp³-hybridized carbons (Fsp3) is 0.0870. The predicted molar refractivity (Wildman–Crippen MR) is 112 cm³/mol. The first kappa shape index (κ1) is 19.3. The quantitative estimate of drug-likeness (QED) is 0.327. The van der Waals surface area contributed by atoms with E-state index in [-0.39, 0.29) is 6.10 Å². The molecule has 0 aliphatic carbocycles. The van der Waals surface area contributed by atoms with Gasteiger partial charge in [0.05, 0.1) is 0 Å². The summed E-state index contributed by atoms with van der Waals surface area (Å²) < 4.78 is 5.44. The molecule has 0 heterocycles. The highest BCUT2D eigenvalue weighted by Gasteiger charge is 2.16. The molecule has 1 atom stereocenters. The van der Waals surface area contributed by atoms with Crippen LogP contribution in [0.1, 0.15) is 18.6 Å². The molecule has 136 valence electrons. The molecular weight excluding hydrogens is 372 g/mol. The molecule has 3 rings (SSSR count). The largest absolute Gasteiger partial charge is 0.455 e. The van der Waals surface area contributed by atoms with Gasteiger partial charge in [0.15, 0.2) is 0 Å². The first-order valence-corrected chi connectivity index (χ1v) is 10.2. The van der Waals surface area contributed by atoms with Crippen LogP contribution in [0.3, 0.4) is 0 Å². The van der Waals surface area contributed by atoms with Gasteiger partial charge in [-0.1, -0.05) is 72.6 Å². The van der Waals surface area contributed by atoms with Crippen molar-refractivity contribution in [3.8, 4) is 0 Å². The van der Waals surface area contributed by atoms with E-state index in [1.54, 1.807) is 23.5 Å². The summed E-state index contributed by atoms with van der Waals surface area (Å²) in [5, 5.41) is 0. The second kappa shape index (κ2) is 9.49.